The largest absolute Gasteiger partial charge is 0.449 e. The number of esters is 1. The number of para-hydroxylation sites is 1. The van der Waals surface area contributed by atoms with Crippen molar-refractivity contribution < 1.29 is 23.1 Å². The number of nitrogens with one attached hydrogen (secondary N) is 2. The van der Waals surface area contributed by atoms with Crippen molar-refractivity contribution in [3.8, 4) is 11.3 Å². The van der Waals surface area contributed by atoms with Crippen molar-refractivity contribution in [2.45, 2.75) is 13.0 Å². The lowest BCUT2D eigenvalue weighted by molar-refractivity contribution is -0.123. The highest BCUT2D eigenvalue weighted by molar-refractivity contribution is 7.14. The van der Waals surface area contributed by atoms with Gasteiger partial charge in [0.2, 0.25) is 5.56 Å². The van der Waals surface area contributed by atoms with E-state index >= 15 is 0 Å². The first-order valence-electron chi connectivity index (χ1n) is 9.36. The van der Waals surface area contributed by atoms with E-state index in [0.717, 1.165) is 29.5 Å². The maximum atomic E-state index is 13.4. The molecule has 7 nitrogen and oxygen atoms in total. The minimum absolute atomic E-state index is 0.0406. The Morgan fingerprint density at radius 1 is 1.12 bits per heavy atom. The zero-order valence-electron chi connectivity index (χ0n) is 16.5. The summed E-state index contributed by atoms with van der Waals surface area (Å²) in [5, 5.41) is 4.77. The topological polar surface area (TPSA) is 101 Å². The van der Waals surface area contributed by atoms with Crippen LogP contribution in [0.2, 0.25) is 0 Å². The number of hydrogen-bond acceptors (Lipinski definition) is 6. The van der Waals surface area contributed by atoms with E-state index in [1.54, 1.807) is 29.6 Å². The van der Waals surface area contributed by atoms with Crippen LogP contribution in [-0.4, -0.2) is 27.9 Å². The van der Waals surface area contributed by atoms with Crippen LogP contribution >= 0.6 is 11.3 Å². The number of carbonyl (C=O) groups is 2. The fourth-order valence-corrected chi connectivity index (χ4v) is 3.70. The first-order chi connectivity index (χ1) is 15.3. The summed E-state index contributed by atoms with van der Waals surface area (Å²) in [7, 11) is 0. The predicted molar refractivity (Wildman–Crippen MR) is 116 cm³/mol. The first-order valence-corrected chi connectivity index (χ1v) is 10.2. The molecular formula is C22H15F2N3O4S. The Bertz CT molecular complexity index is 1400. The van der Waals surface area contributed by atoms with Crippen molar-refractivity contribution in [2.75, 3.05) is 5.32 Å². The minimum Gasteiger partial charge on any atom is -0.449 e. The van der Waals surface area contributed by atoms with Gasteiger partial charge in [-0.05, 0) is 31.2 Å². The molecule has 162 valence electrons. The summed E-state index contributed by atoms with van der Waals surface area (Å²) in [5.74, 6) is -3.44. The summed E-state index contributed by atoms with van der Waals surface area (Å²) in [6.45, 7) is 1.38. The van der Waals surface area contributed by atoms with Crippen LogP contribution in [0.15, 0.2) is 58.7 Å². The van der Waals surface area contributed by atoms with Crippen molar-refractivity contribution in [2.24, 2.45) is 0 Å². The van der Waals surface area contributed by atoms with Crippen LogP contribution in [0, 0.1) is 11.6 Å². The Labute approximate surface area is 183 Å². The highest BCUT2D eigenvalue weighted by Gasteiger charge is 2.22. The first kappa shape index (κ1) is 21.3. The Morgan fingerprint density at radius 2 is 1.91 bits per heavy atom. The molecule has 4 aromatic rings. The number of anilines is 1. The maximum absolute atomic E-state index is 13.4. The average Bonchev–Trinajstić information content (AvgIpc) is 3.23. The Kier molecular flexibility index (Phi) is 5.78. The number of fused-ring (bicyclic) bond motifs is 1. The van der Waals surface area contributed by atoms with Crippen LogP contribution in [-0.2, 0) is 9.53 Å². The van der Waals surface area contributed by atoms with Crippen LogP contribution in [0.5, 0.6) is 0 Å². The molecule has 0 aliphatic heterocycles. The van der Waals surface area contributed by atoms with Crippen LogP contribution in [0.1, 0.15) is 17.3 Å². The molecule has 1 atom stereocenters. The number of nitrogens with zero attached hydrogens (tertiary/aromatic N) is 1. The number of halogens is 2. The van der Waals surface area contributed by atoms with Crippen molar-refractivity contribution in [3.05, 3.63) is 81.5 Å². The fraction of sp³-hybridized carbons (Fsp3) is 0.0909. The molecule has 2 aromatic carbocycles. The minimum atomic E-state index is -1.18. The van der Waals surface area contributed by atoms with Gasteiger partial charge in [-0.15, -0.1) is 11.3 Å². The lowest BCUT2D eigenvalue weighted by Gasteiger charge is -2.13. The number of amides is 1. The van der Waals surface area contributed by atoms with Crippen molar-refractivity contribution >= 4 is 39.2 Å². The molecule has 4 rings (SSSR count). The summed E-state index contributed by atoms with van der Waals surface area (Å²) in [6, 6.07) is 11.2. The molecule has 0 bridgehead atoms. The second-order valence-electron chi connectivity index (χ2n) is 6.80. The highest BCUT2D eigenvalue weighted by Crippen LogP contribution is 2.26. The molecule has 0 aliphatic rings. The fourth-order valence-electron chi connectivity index (χ4n) is 2.98. The van der Waals surface area contributed by atoms with E-state index in [9.17, 15) is 23.2 Å². The van der Waals surface area contributed by atoms with E-state index in [4.69, 9.17) is 4.74 Å². The van der Waals surface area contributed by atoms with Crippen LogP contribution < -0.4 is 10.9 Å². The smallest absolute Gasteiger partial charge is 0.339 e. The molecule has 2 N–H and O–H groups in total. The van der Waals surface area contributed by atoms with E-state index in [1.165, 1.54) is 13.0 Å². The summed E-state index contributed by atoms with van der Waals surface area (Å²) in [5.41, 5.74) is 0.737. The van der Waals surface area contributed by atoms with E-state index in [2.05, 4.69) is 15.3 Å². The lowest BCUT2D eigenvalue weighted by atomic mass is 10.1. The zero-order chi connectivity index (χ0) is 22.8. The molecule has 0 fully saturated rings. The SMILES string of the molecule is CC(OC(=O)c1cc(=O)[nH]c2ccccc12)C(=O)Nc1nc(-c2ccc(F)c(F)c2)cs1. The van der Waals surface area contributed by atoms with Gasteiger partial charge in [-0.2, -0.15) is 0 Å². The van der Waals surface area contributed by atoms with Gasteiger partial charge in [0.05, 0.1) is 11.3 Å². The summed E-state index contributed by atoms with van der Waals surface area (Å²) >= 11 is 1.07. The summed E-state index contributed by atoms with van der Waals surface area (Å²) < 4.78 is 31.8. The third-order valence-corrected chi connectivity index (χ3v) is 5.33. The molecule has 0 spiro atoms. The summed E-state index contributed by atoms with van der Waals surface area (Å²) in [6.07, 6.45) is -1.18. The van der Waals surface area contributed by atoms with Crippen molar-refractivity contribution in [1.82, 2.24) is 9.97 Å². The molecule has 10 heteroatoms. The number of ether oxygens (including phenoxy) is 1. The van der Waals surface area contributed by atoms with Crippen molar-refractivity contribution in [3.63, 3.8) is 0 Å². The molecule has 0 radical (unpaired) electrons. The quantitative estimate of drug-likeness (QED) is 0.441. The second kappa shape index (κ2) is 8.67. The second-order valence-corrected chi connectivity index (χ2v) is 7.65. The number of benzene rings is 2. The van der Waals surface area contributed by atoms with E-state index < -0.39 is 35.2 Å². The van der Waals surface area contributed by atoms with Crippen LogP contribution in [0.3, 0.4) is 0 Å². The molecule has 0 saturated heterocycles. The lowest BCUT2D eigenvalue weighted by Crippen LogP contribution is -2.30. The van der Waals surface area contributed by atoms with Gasteiger partial charge < -0.3 is 9.72 Å². The zero-order valence-corrected chi connectivity index (χ0v) is 17.3. The number of rotatable bonds is 5. The normalized spacial score (nSPS) is 11.8. The summed E-state index contributed by atoms with van der Waals surface area (Å²) in [4.78, 5) is 43.7. The molecule has 2 heterocycles. The molecule has 0 saturated carbocycles. The number of aromatic amines is 1. The van der Waals surface area contributed by atoms with Gasteiger partial charge in [0.1, 0.15) is 0 Å². The van der Waals surface area contributed by atoms with Crippen LogP contribution in [0.25, 0.3) is 22.2 Å². The molecular weight excluding hydrogens is 440 g/mol. The Hall–Kier alpha value is -3.92. The van der Waals surface area contributed by atoms with Gasteiger partial charge in [0.25, 0.3) is 5.91 Å². The van der Waals surface area contributed by atoms with Gasteiger partial charge in [0.15, 0.2) is 22.9 Å². The van der Waals surface area contributed by atoms with Gasteiger partial charge in [-0.1, -0.05) is 18.2 Å². The van der Waals surface area contributed by atoms with Gasteiger partial charge >= 0.3 is 5.97 Å². The number of pyridine rings is 1. The molecule has 32 heavy (non-hydrogen) atoms. The van der Waals surface area contributed by atoms with Gasteiger partial charge in [-0.25, -0.2) is 18.6 Å². The number of aromatic nitrogens is 2. The molecule has 0 aliphatic carbocycles. The maximum Gasteiger partial charge on any atom is 0.339 e. The number of thiazole rings is 1. The van der Waals surface area contributed by atoms with E-state index in [0.29, 0.717) is 22.2 Å². The van der Waals surface area contributed by atoms with Gasteiger partial charge in [0, 0.05) is 27.9 Å². The standard InChI is InChI=1S/C22H15F2N3O4S/c1-11(31-21(30)14-9-19(28)25-17-5-3-2-4-13(14)17)20(29)27-22-26-18(10-32-22)12-6-7-15(23)16(24)8-12/h2-11H,1H3,(H,25,28)(H,26,27,29). The Morgan fingerprint density at radius 3 is 2.69 bits per heavy atom. The number of H-pyrrole nitrogens is 1. The average molecular weight is 455 g/mol. The third-order valence-electron chi connectivity index (χ3n) is 4.57. The molecule has 2 aromatic heterocycles. The highest BCUT2D eigenvalue weighted by atomic mass is 32.1. The van der Waals surface area contributed by atoms with Crippen molar-refractivity contribution in [1.29, 1.82) is 0 Å². The molecule has 1 unspecified atom stereocenters. The monoisotopic (exact) mass is 455 g/mol. The van der Waals surface area contributed by atoms with Gasteiger partial charge in [-0.3, -0.25) is 14.9 Å². The number of carbonyl (C=O) groups excluding carboxylic acids is 2. The number of hydrogen-bond donors (Lipinski definition) is 2. The third kappa shape index (κ3) is 4.40. The van der Waals surface area contributed by atoms with E-state index in [-0.39, 0.29) is 10.7 Å². The van der Waals surface area contributed by atoms with E-state index in [1.807, 2.05) is 0 Å². The van der Waals surface area contributed by atoms with Crippen LogP contribution in [0.4, 0.5) is 13.9 Å². The molecule has 1 amide bonds. The predicted octanol–water partition coefficient (Wildman–Crippen LogP) is 4.11. The Balaban J connectivity index is 1.46.